The summed E-state index contributed by atoms with van der Waals surface area (Å²) in [5.74, 6) is 0. The van der Waals surface area contributed by atoms with E-state index in [1.165, 1.54) is 11.1 Å². The summed E-state index contributed by atoms with van der Waals surface area (Å²) in [5.41, 5.74) is 2.72. The van der Waals surface area contributed by atoms with Crippen LogP contribution in [0.3, 0.4) is 0 Å². The average molecular weight is 345 g/mol. The third-order valence-corrected chi connectivity index (χ3v) is 6.87. The van der Waals surface area contributed by atoms with Crippen molar-refractivity contribution in [2.24, 2.45) is 0 Å². The van der Waals surface area contributed by atoms with E-state index in [0.29, 0.717) is 0 Å². The van der Waals surface area contributed by atoms with Gasteiger partial charge >= 0.3 is 0 Å². The lowest BCUT2D eigenvalue weighted by molar-refractivity contribution is 0.767. The topological polar surface area (TPSA) is 0 Å². The van der Waals surface area contributed by atoms with Crippen LogP contribution in [0.15, 0.2) is 24.3 Å². The number of thioether (sulfide) groups is 3. The normalized spacial score (nSPS) is 12.5. The van der Waals surface area contributed by atoms with Crippen LogP contribution in [0.5, 0.6) is 0 Å². The monoisotopic (exact) mass is 344 g/mol. The van der Waals surface area contributed by atoms with Crippen molar-refractivity contribution in [3.05, 3.63) is 35.4 Å². The molecule has 112 valence electrons. The zero-order valence-electron chi connectivity index (χ0n) is 13.1. The fraction of sp³-hybridized carbons (Fsp3) is 0.562. The Labute approximate surface area is 142 Å². The van der Waals surface area contributed by atoms with E-state index in [1.807, 2.05) is 30.4 Å². The maximum atomic E-state index is 5.23. The van der Waals surface area contributed by atoms with Crippen LogP contribution >= 0.6 is 47.5 Å². The third-order valence-electron chi connectivity index (χ3n) is 3.21. The molecule has 0 amide bonds. The lowest BCUT2D eigenvalue weighted by Crippen LogP contribution is -2.16. The first-order valence-electron chi connectivity index (χ1n) is 6.62. The Hall–Kier alpha value is 0.360. The molecule has 0 heterocycles. The van der Waals surface area contributed by atoms with Crippen molar-refractivity contribution >= 4 is 51.7 Å². The maximum Gasteiger partial charge on any atom is 0.0455 e. The maximum absolute atomic E-state index is 5.23. The SMILES string of the molecule is CSCSC(C)(C)c1ccc(C(C)(C)SC(C)=S)cc1. The second kappa shape index (κ2) is 7.57. The van der Waals surface area contributed by atoms with Gasteiger partial charge in [0.25, 0.3) is 0 Å². The standard InChI is InChI=1S/C16H24S4/c1-12(17)20-16(4,5)14-9-7-13(8-10-14)15(2,3)19-11-18-6/h7-10H,11H2,1-6H3. The molecule has 0 bridgehead atoms. The Morgan fingerprint density at radius 1 is 1.00 bits per heavy atom. The summed E-state index contributed by atoms with van der Waals surface area (Å²) in [6.45, 7) is 11.1. The van der Waals surface area contributed by atoms with Crippen LogP contribution in [-0.2, 0) is 9.49 Å². The van der Waals surface area contributed by atoms with Gasteiger partial charge in [0.2, 0.25) is 0 Å². The highest BCUT2D eigenvalue weighted by molar-refractivity contribution is 8.23. The van der Waals surface area contributed by atoms with Gasteiger partial charge in [0.05, 0.1) is 0 Å². The van der Waals surface area contributed by atoms with E-state index in [1.54, 1.807) is 11.8 Å². The molecule has 0 aromatic heterocycles. The van der Waals surface area contributed by atoms with Crippen LogP contribution in [0, 0.1) is 0 Å². The summed E-state index contributed by atoms with van der Waals surface area (Å²) in [4.78, 5) is 0. The molecular weight excluding hydrogens is 320 g/mol. The Bertz CT molecular complexity index is 446. The molecule has 4 heteroatoms. The highest BCUT2D eigenvalue weighted by atomic mass is 32.2. The van der Waals surface area contributed by atoms with E-state index >= 15 is 0 Å². The van der Waals surface area contributed by atoms with Gasteiger partial charge in [0.1, 0.15) is 0 Å². The smallest absolute Gasteiger partial charge is 0.0455 e. The molecule has 1 aromatic rings. The van der Waals surface area contributed by atoms with Gasteiger partial charge in [-0.25, -0.2) is 0 Å². The lowest BCUT2D eigenvalue weighted by atomic mass is 9.96. The zero-order valence-corrected chi connectivity index (χ0v) is 16.4. The van der Waals surface area contributed by atoms with Crippen LogP contribution < -0.4 is 0 Å². The van der Waals surface area contributed by atoms with Crippen molar-refractivity contribution in [1.82, 2.24) is 0 Å². The molecule has 0 aliphatic carbocycles. The van der Waals surface area contributed by atoms with E-state index in [-0.39, 0.29) is 9.49 Å². The number of hydrogen-bond acceptors (Lipinski definition) is 4. The minimum Gasteiger partial charge on any atom is -0.154 e. The second-order valence-corrected chi connectivity index (χ2v) is 11.3. The minimum absolute atomic E-state index is 0.0426. The van der Waals surface area contributed by atoms with E-state index in [2.05, 4.69) is 58.2 Å². The molecule has 0 unspecified atom stereocenters. The van der Waals surface area contributed by atoms with Gasteiger partial charge in [-0.05, 0) is 52.0 Å². The molecule has 0 N–H and O–H groups in total. The summed E-state index contributed by atoms with van der Waals surface area (Å²) in [5, 5.41) is 1.13. The quantitative estimate of drug-likeness (QED) is 0.439. The molecule has 0 spiro atoms. The third kappa shape index (κ3) is 5.28. The van der Waals surface area contributed by atoms with E-state index in [4.69, 9.17) is 12.2 Å². The van der Waals surface area contributed by atoms with E-state index in [9.17, 15) is 0 Å². The fourth-order valence-electron chi connectivity index (χ4n) is 1.98. The molecule has 0 radical (unpaired) electrons. The summed E-state index contributed by atoms with van der Waals surface area (Å²) in [7, 11) is 0. The molecule has 1 aromatic carbocycles. The van der Waals surface area contributed by atoms with Gasteiger partial charge in [0.15, 0.2) is 0 Å². The first-order valence-corrected chi connectivity index (χ1v) is 10.2. The summed E-state index contributed by atoms with van der Waals surface area (Å²) in [6, 6.07) is 9.04. The number of thiocarbonyl (C=S) groups is 1. The molecule has 0 saturated carbocycles. The van der Waals surface area contributed by atoms with E-state index < -0.39 is 0 Å². The highest BCUT2D eigenvalue weighted by Crippen LogP contribution is 2.40. The van der Waals surface area contributed by atoms with Gasteiger partial charge in [-0.3, -0.25) is 0 Å². The predicted octanol–water partition coefficient (Wildman–Crippen LogP) is 6.29. The Kier molecular flexibility index (Phi) is 6.97. The first-order chi connectivity index (χ1) is 9.19. The van der Waals surface area contributed by atoms with Crippen LogP contribution in [0.4, 0.5) is 0 Å². The van der Waals surface area contributed by atoms with Gasteiger partial charge in [-0.15, -0.1) is 23.5 Å². The van der Waals surface area contributed by atoms with Crippen molar-refractivity contribution in [3.63, 3.8) is 0 Å². The van der Waals surface area contributed by atoms with Gasteiger partial charge in [-0.1, -0.05) is 36.5 Å². The second-order valence-electron chi connectivity index (χ2n) is 5.74. The zero-order chi connectivity index (χ0) is 15.4. The van der Waals surface area contributed by atoms with Crippen molar-refractivity contribution in [2.45, 2.75) is 44.1 Å². The number of benzene rings is 1. The minimum atomic E-state index is 0.0426. The molecule has 0 nitrogen and oxygen atoms in total. The molecule has 0 aliphatic rings. The summed E-state index contributed by atoms with van der Waals surface area (Å²) in [6.07, 6.45) is 2.15. The fourth-order valence-corrected chi connectivity index (χ4v) is 5.53. The largest absolute Gasteiger partial charge is 0.154 e. The average Bonchev–Trinajstić information content (AvgIpc) is 2.35. The molecule has 0 atom stereocenters. The number of hydrogen-bond donors (Lipinski definition) is 0. The summed E-state index contributed by atoms with van der Waals surface area (Å²) >= 11 is 10.9. The predicted molar refractivity (Wildman–Crippen MR) is 104 cm³/mol. The molecule has 0 fully saturated rings. The van der Waals surface area contributed by atoms with Crippen molar-refractivity contribution in [1.29, 1.82) is 0 Å². The number of rotatable bonds is 6. The highest BCUT2D eigenvalue weighted by Gasteiger charge is 2.24. The molecule has 1 rings (SSSR count). The van der Waals surface area contributed by atoms with Crippen molar-refractivity contribution < 1.29 is 0 Å². The Balaban J connectivity index is 2.90. The van der Waals surface area contributed by atoms with Crippen LogP contribution in [0.1, 0.15) is 45.7 Å². The van der Waals surface area contributed by atoms with Crippen LogP contribution in [-0.4, -0.2) is 15.5 Å². The molecule has 20 heavy (non-hydrogen) atoms. The summed E-state index contributed by atoms with van der Waals surface area (Å²) < 4.78 is 1.20. The first kappa shape index (κ1) is 18.4. The van der Waals surface area contributed by atoms with Crippen LogP contribution in [0.25, 0.3) is 0 Å². The molecule has 0 aliphatic heterocycles. The molecule has 0 saturated heterocycles. The van der Waals surface area contributed by atoms with Crippen LogP contribution in [0.2, 0.25) is 0 Å². The lowest BCUT2D eigenvalue weighted by Gasteiger charge is -2.27. The van der Waals surface area contributed by atoms with Gasteiger partial charge in [0, 0.05) is 18.8 Å². The van der Waals surface area contributed by atoms with Crippen molar-refractivity contribution in [3.8, 4) is 0 Å². The van der Waals surface area contributed by atoms with E-state index in [0.717, 1.165) is 9.28 Å². The van der Waals surface area contributed by atoms with Gasteiger partial charge < -0.3 is 0 Å². The van der Waals surface area contributed by atoms with Crippen molar-refractivity contribution in [2.75, 3.05) is 11.3 Å². The molecular formula is C16H24S4. The Morgan fingerprint density at radius 2 is 1.45 bits per heavy atom. The van der Waals surface area contributed by atoms with Gasteiger partial charge in [-0.2, -0.15) is 11.8 Å². The Morgan fingerprint density at radius 3 is 1.85 bits per heavy atom.